The van der Waals surface area contributed by atoms with Crippen molar-refractivity contribution < 1.29 is 37.7 Å². The van der Waals surface area contributed by atoms with E-state index >= 15 is 0 Å². The van der Waals surface area contributed by atoms with Crippen molar-refractivity contribution in [3.63, 3.8) is 0 Å². The number of hydrogen-bond donors (Lipinski definition) is 0. The van der Waals surface area contributed by atoms with Crippen LogP contribution in [0.1, 0.15) is 27.9 Å². The van der Waals surface area contributed by atoms with Gasteiger partial charge >= 0.3 is 17.6 Å². The molecule has 0 amide bonds. The monoisotopic (exact) mass is 456 g/mol. The first-order chi connectivity index (χ1) is 15.8. The average Bonchev–Trinajstić information content (AvgIpc) is 2.81. The van der Waals surface area contributed by atoms with Crippen molar-refractivity contribution >= 4 is 22.9 Å². The average molecular weight is 456 g/mol. The SMILES string of the molecule is COC(=O)CCc1cc2c(C)cc(=O)oc2cc1OC(=O)c1cc(OC)c(OC)c(OC)c1. The summed E-state index contributed by atoms with van der Waals surface area (Å²) in [5, 5.41) is 0.669. The molecule has 0 radical (unpaired) electrons. The van der Waals surface area contributed by atoms with Crippen LogP contribution in [-0.4, -0.2) is 40.4 Å². The summed E-state index contributed by atoms with van der Waals surface area (Å²) in [4.78, 5) is 36.5. The Kier molecular flexibility index (Phi) is 7.22. The molecule has 0 saturated carbocycles. The highest BCUT2D eigenvalue weighted by atomic mass is 16.5. The Morgan fingerprint density at radius 2 is 1.55 bits per heavy atom. The minimum atomic E-state index is -0.706. The molecule has 0 spiro atoms. The van der Waals surface area contributed by atoms with Gasteiger partial charge in [-0.25, -0.2) is 9.59 Å². The van der Waals surface area contributed by atoms with Crippen molar-refractivity contribution in [3.05, 3.63) is 57.4 Å². The molecule has 0 bridgehead atoms. The summed E-state index contributed by atoms with van der Waals surface area (Å²) < 4.78 is 31.5. The Balaban J connectivity index is 2.05. The normalized spacial score (nSPS) is 10.6. The molecular formula is C24H24O9. The lowest BCUT2D eigenvalue weighted by molar-refractivity contribution is -0.140. The Bertz CT molecular complexity index is 1230. The first-order valence-electron chi connectivity index (χ1n) is 9.97. The minimum absolute atomic E-state index is 0.0760. The largest absolute Gasteiger partial charge is 0.493 e. The van der Waals surface area contributed by atoms with E-state index in [0.717, 1.165) is 0 Å². The van der Waals surface area contributed by atoms with E-state index in [9.17, 15) is 14.4 Å². The lowest BCUT2D eigenvalue weighted by Crippen LogP contribution is -2.12. The number of benzene rings is 2. The predicted octanol–water partition coefficient (Wildman–Crippen LogP) is 3.45. The number of methoxy groups -OCH3 is 4. The van der Waals surface area contributed by atoms with Crippen LogP contribution in [0.5, 0.6) is 23.0 Å². The summed E-state index contributed by atoms with van der Waals surface area (Å²) in [6, 6.07) is 7.49. The highest BCUT2D eigenvalue weighted by Crippen LogP contribution is 2.38. The second kappa shape index (κ2) is 10.1. The molecule has 0 unspecified atom stereocenters. The minimum Gasteiger partial charge on any atom is -0.493 e. The van der Waals surface area contributed by atoms with Crippen LogP contribution in [0.15, 0.2) is 39.5 Å². The van der Waals surface area contributed by atoms with Crippen LogP contribution in [-0.2, 0) is 16.0 Å². The standard InChI is InChI=1S/C24H24O9/c1-13-8-22(26)32-18-12-17(14(9-16(13)18)6-7-21(25)30-4)33-24(27)15-10-19(28-2)23(31-5)20(11-15)29-3/h8-12H,6-7H2,1-5H3. The molecule has 1 heterocycles. The van der Waals surface area contributed by atoms with Gasteiger partial charge in [0.25, 0.3) is 0 Å². The van der Waals surface area contributed by atoms with E-state index < -0.39 is 17.6 Å². The van der Waals surface area contributed by atoms with Gasteiger partial charge in [0, 0.05) is 23.9 Å². The Hall–Kier alpha value is -4.01. The maximum absolute atomic E-state index is 13.0. The van der Waals surface area contributed by atoms with Gasteiger partial charge in [-0.2, -0.15) is 0 Å². The van der Waals surface area contributed by atoms with Crippen molar-refractivity contribution in [1.29, 1.82) is 0 Å². The third-order valence-corrected chi connectivity index (χ3v) is 5.06. The van der Waals surface area contributed by atoms with Crippen molar-refractivity contribution in [2.24, 2.45) is 0 Å². The van der Waals surface area contributed by atoms with Gasteiger partial charge in [0.15, 0.2) is 11.5 Å². The van der Waals surface area contributed by atoms with Crippen LogP contribution in [0, 0.1) is 6.92 Å². The zero-order valence-electron chi connectivity index (χ0n) is 19.0. The summed E-state index contributed by atoms with van der Waals surface area (Å²) >= 11 is 0. The summed E-state index contributed by atoms with van der Waals surface area (Å²) in [7, 11) is 5.62. The smallest absolute Gasteiger partial charge is 0.343 e. The van der Waals surface area contributed by atoms with Crippen LogP contribution in [0.3, 0.4) is 0 Å². The fraction of sp³-hybridized carbons (Fsp3) is 0.292. The number of esters is 2. The first-order valence-corrected chi connectivity index (χ1v) is 9.97. The van der Waals surface area contributed by atoms with Gasteiger partial charge < -0.3 is 28.1 Å². The lowest BCUT2D eigenvalue weighted by atomic mass is 10.0. The molecule has 33 heavy (non-hydrogen) atoms. The van der Waals surface area contributed by atoms with Crippen LogP contribution >= 0.6 is 0 Å². The molecule has 3 aromatic rings. The Morgan fingerprint density at radius 3 is 2.12 bits per heavy atom. The molecule has 0 aliphatic rings. The molecule has 0 aliphatic carbocycles. The molecule has 0 aliphatic heterocycles. The van der Waals surface area contributed by atoms with Crippen molar-refractivity contribution in [2.45, 2.75) is 19.8 Å². The maximum Gasteiger partial charge on any atom is 0.343 e. The van der Waals surface area contributed by atoms with Gasteiger partial charge in [-0.15, -0.1) is 0 Å². The number of rotatable bonds is 8. The van der Waals surface area contributed by atoms with Gasteiger partial charge in [0.2, 0.25) is 5.75 Å². The van der Waals surface area contributed by atoms with Gasteiger partial charge in [0.05, 0.1) is 34.0 Å². The topological polar surface area (TPSA) is 111 Å². The summed E-state index contributed by atoms with van der Waals surface area (Å²) in [5.41, 5.74) is 1.15. The quantitative estimate of drug-likeness (QED) is 0.286. The van der Waals surface area contributed by atoms with Gasteiger partial charge in [0.1, 0.15) is 11.3 Å². The maximum atomic E-state index is 13.0. The molecule has 174 valence electrons. The number of aryl methyl sites for hydroxylation is 2. The van der Waals surface area contributed by atoms with Crippen LogP contribution in [0.4, 0.5) is 0 Å². The van der Waals surface area contributed by atoms with Gasteiger partial charge in [-0.3, -0.25) is 4.79 Å². The molecule has 0 N–H and O–H groups in total. The molecule has 9 nitrogen and oxygen atoms in total. The summed E-state index contributed by atoms with van der Waals surface area (Å²) in [6.45, 7) is 1.77. The molecule has 0 fully saturated rings. The summed E-state index contributed by atoms with van der Waals surface area (Å²) in [6.07, 6.45) is 0.325. The molecule has 0 atom stereocenters. The molecular weight excluding hydrogens is 432 g/mol. The third kappa shape index (κ3) is 5.08. The van der Waals surface area contributed by atoms with E-state index in [-0.39, 0.29) is 41.2 Å². The fourth-order valence-electron chi connectivity index (χ4n) is 3.38. The van der Waals surface area contributed by atoms with E-state index in [1.165, 1.54) is 52.7 Å². The van der Waals surface area contributed by atoms with E-state index in [4.69, 9.17) is 28.1 Å². The highest BCUT2D eigenvalue weighted by Gasteiger charge is 2.20. The zero-order valence-corrected chi connectivity index (χ0v) is 19.0. The predicted molar refractivity (Wildman–Crippen MR) is 119 cm³/mol. The Labute approximate surface area is 189 Å². The Morgan fingerprint density at radius 1 is 0.879 bits per heavy atom. The van der Waals surface area contributed by atoms with E-state index in [1.54, 1.807) is 13.0 Å². The van der Waals surface area contributed by atoms with E-state index in [0.29, 0.717) is 22.3 Å². The van der Waals surface area contributed by atoms with Crippen LogP contribution in [0.25, 0.3) is 11.0 Å². The van der Waals surface area contributed by atoms with Crippen molar-refractivity contribution in [3.8, 4) is 23.0 Å². The molecule has 3 rings (SSSR count). The number of hydrogen-bond acceptors (Lipinski definition) is 9. The molecule has 0 saturated heterocycles. The molecule has 2 aromatic carbocycles. The van der Waals surface area contributed by atoms with Gasteiger partial charge in [-0.05, 0) is 42.7 Å². The second-order valence-electron chi connectivity index (χ2n) is 7.08. The number of fused-ring (bicyclic) bond motifs is 1. The van der Waals surface area contributed by atoms with Gasteiger partial charge in [-0.1, -0.05) is 0 Å². The van der Waals surface area contributed by atoms with E-state index in [2.05, 4.69) is 0 Å². The second-order valence-corrected chi connectivity index (χ2v) is 7.08. The first kappa shape index (κ1) is 23.6. The zero-order chi connectivity index (χ0) is 24.1. The number of ether oxygens (including phenoxy) is 5. The van der Waals surface area contributed by atoms with Crippen molar-refractivity contribution in [2.75, 3.05) is 28.4 Å². The van der Waals surface area contributed by atoms with E-state index in [1.807, 2.05) is 0 Å². The number of carbonyl (C=O) groups excluding carboxylic acids is 2. The van der Waals surface area contributed by atoms with Crippen LogP contribution in [0.2, 0.25) is 0 Å². The molecule has 9 heteroatoms. The number of carbonyl (C=O) groups is 2. The molecule has 1 aromatic heterocycles. The van der Waals surface area contributed by atoms with Crippen LogP contribution < -0.4 is 24.6 Å². The highest BCUT2D eigenvalue weighted by molar-refractivity contribution is 5.93. The summed E-state index contributed by atoms with van der Waals surface area (Å²) in [5.74, 6) is -0.0573. The third-order valence-electron chi connectivity index (χ3n) is 5.06. The van der Waals surface area contributed by atoms with Crippen molar-refractivity contribution in [1.82, 2.24) is 0 Å². The fourth-order valence-corrected chi connectivity index (χ4v) is 3.38. The lowest BCUT2D eigenvalue weighted by Gasteiger charge is -2.15.